The summed E-state index contributed by atoms with van der Waals surface area (Å²) in [6.45, 7) is 1.77. The summed E-state index contributed by atoms with van der Waals surface area (Å²) in [5.41, 5.74) is 0.423. The van der Waals surface area contributed by atoms with Crippen molar-refractivity contribution in [2.45, 2.75) is 18.4 Å². The summed E-state index contributed by atoms with van der Waals surface area (Å²) in [4.78, 5) is 26.5. The lowest BCUT2D eigenvalue weighted by Gasteiger charge is -2.30. The molecule has 4 nitrogen and oxygen atoms in total. The summed E-state index contributed by atoms with van der Waals surface area (Å²) >= 11 is 6.19. The molecule has 3 aromatic carbocycles. The van der Waals surface area contributed by atoms with E-state index in [-0.39, 0.29) is 5.78 Å². The van der Waals surface area contributed by atoms with Crippen molar-refractivity contribution in [3.63, 3.8) is 0 Å². The van der Waals surface area contributed by atoms with Gasteiger partial charge in [0.15, 0.2) is 11.4 Å². The van der Waals surface area contributed by atoms with Gasteiger partial charge in [0.1, 0.15) is 0 Å². The molecule has 1 heterocycles. The first-order chi connectivity index (χ1) is 13.4. The Morgan fingerprint density at radius 3 is 2.25 bits per heavy atom. The van der Waals surface area contributed by atoms with E-state index in [1.807, 2.05) is 12.1 Å². The Balaban J connectivity index is 1.95. The molecular formula is C23H18ClNO3. The van der Waals surface area contributed by atoms with Gasteiger partial charge in [-0.05, 0) is 24.1 Å². The van der Waals surface area contributed by atoms with Crippen molar-refractivity contribution in [2.24, 2.45) is 0 Å². The predicted molar refractivity (Wildman–Crippen MR) is 109 cm³/mol. The SMILES string of the molecule is Cc1c(Cl)ccc2c1NC(=O)[C@]2(O)[C@H](C(=O)c1ccccc1)c1ccccc1. The van der Waals surface area contributed by atoms with E-state index in [1.54, 1.807) is 67.6 Å². The molecule has 1 amide bonds. The lowest BCUT2D eigenvalue weighted by molar-refractivity contribution is -0.135. The summed E-state index contributed by atoms with van der Waals surface area (Å²) in [5, 5.41) is 14.9. The number of rotatable bonds is 4. The molecular weight excluding hydrogens is 374 g/mol. The Morgan fingerprint density at radius 1 is 1.00 bits per heavy atom. The number of carbonyl (C=O) groups is 2. The Kier molecular flexibility index (Phi) is 4.53. The molecule has 3 aromatic rings. The Labute approximate surface area is 167 Å². The minimum absolute atomic E-state index is 0.329. The maximum atomic E-state index is 13.5. The normalized spacial score (nSPS) is 19.0. The predicted octanol–water partition coefficient (Wildman–Crippen LogP) is 4.45. The number of amides is 1. The average molecular weight is 392 g/mol. The molecule has 2 N–H and O–H groups in total. The number of anilines is 1. The number of benzene rings is 3. The van der Waals surface area contributed by atoms with Crippen LogP contribution in [-0.4, -0.2) is 16.8 Å². The van der Waals surface area contributed by atoms with Crippen molar-refractivity contribution < 1.29 is 14.7 Å². The van der Waals surface area contributed by atoms with Gasteiger partial charge in [-0.25, -0.2) is 0 Å². The van der Waals surface area contributed by atoms with Gasteiger partial charge in [0.2, 0.25) is 0 Å². The summed E-state index contributed by atoms with van der Waals surface area (Å²) in [6.07, 6.45) is 0. The zero-order valence-electron chi connectivity index (χ0n) is 15.1. The third kappa shape index (κ3) is 2.73. The monoisotopic (exact) mass is 391 g/mol. The molecule has 0 radical (unpaired) electrons. The van der Waals surface area contributed by atoms with E-state index in [2.05, 4.69) is 5.32 Å². The topological polar surface area (TPSA) is 66.4 Å². The van der Waals surface area contributed by atoms with Gasteiger partial charge < -0.3 is 10.4 Å². The maximum absolute atomic E-state index is 13.5. The van der Waals surface area contributed by atoms with Crippen LogP contribution in [0.15, 0.2) is 72.8 Å². The number of fused-ring (bicyclic) bond motifs is 1. The molecule has 0 aromatic heterocycles. The van der Waals surface area contributed by atoms with Gasteiger partial charge in [-0.1, -0.05) is 78.3 Å². The third-order valence-corrected chi connectivity index (χ3v) is 5.67. The first-order valence-electron chi connectivity index (χ1n) is 8.92. The molecule has 2 atom stereocenters. The van der Waals surface area contributed by atoms with E-state index in [9.17, 15) is 14.7 Å². The molecule has 0 saturated heterocycles. The zero-order chi connectivity index (χ0) is 19.9. The van der Waals surface area contributed by atoms with Crippen molar-refractivity contribution in [1.29, 1.82) is 0 Å². The smallest absolute Gasteiger partial charge is 0.262 e. The fraction of sp³-hybridized carbons (Fsp3) is 0.130. The second kappa shape index (κ2) is 6.89. The van der Waals surface area contributed by atoms with Gasteiger partial charge in [0.05, 0.1) is 11.6 Å². The van der Waals surface area contributed by atoms with Gasteiger partial charge in [-0.3, -0.25) is 9.59 Å². The number of carbonyl (C=O) groups excluding carboxylic acids is 2. The van der Waals surface area contributed by atoms with E-state index in [4.69, 9.17) is 11.6 Å². The summed E-state index contributed by atoms with van der Waals surface area (Å²) < 4.78 is 0. The number of nitrogens with one attached hydrogen (secondary N) is 1. The molecule has 0 saturated carbocycles. The average Bonchev–Trinajstić information content (AvgIpc) is 2.98. The van der Waals surface area contributed by atoms with E-state index in [1.165, 1.54) is 0 Å². The molecule has 1 aliphatic heterocycles. The molecule has 28 heavy (non-hydrogen) atoms. The highest BCUT2D eigenvalue weighted by molar-refractivity contribution is 6.32. The van der Waals surface area contributed by atoms with Gasteiger partial charge in [0, 0.05) is 16.1 Å². The molecule has 5 heteroatoms. The lowest BCUT2D eigenvalue weighted by atomic mass is 9.74. The highest BCUT2D eigenvalue weighted by Gasteiger charge is 2.55. The molecule has 0 bridgehead atoms. The van der Waals surface area contributed by atoms with Crippen LogP contribution in [-0.2, 0) is 10.4 Å². The number of halogens is 1. The lowest BCUT2D eigenvalue weighted by Crippen LogP contribution is -2.44. The summed E-state index contributed by atoms with van der Waals surface area (Å²) in [7, 11) is 0. The number of hydrogen-bond donors (Lipinski definition) is 2. The first kappa shape index (κ1) is 18.4. The zero-order valence-corrected chi connectivity index (χ0v) is 15.9. The number of hydrogen-bond acceptors (Lipinski definition) is 3. The molecule has 1 aliphatic rings. The van der Waals surface area contributed by atoms with Crippen LogP contribution in [0.5, 0.6) is 0 Å². The molecule has 0 unspecified atom stereocenters. The molecule has 0 fully saturated rings. The Morgan fingerprint density at radius 2 is 1.61 bits per heavy atom. The van der Waals surface area contributed by atoms with Crippen LogP contribution < -0.4 is 5.32 Å². The highest BCUT2D eigenvalue weighted by Crippen LogP contribution is 2.48. The Hall–Kier alpha value is -2.95. The van der Waals surface area contributed by atoms with Crippen LogP contribution in [0.4, 0.5) is 5.69 Å². The van der Waals surface area contributed by atoms with Crippen molar-refractivity contribution >= 4 is 29.0 Å². The molecule has 4 rings (SSSR count). The Bertz CT molecular complexity index is 1070. The molecule has 0 spiro atoms. The number of ketones is 1. The molecule has 0 aliphatic carbocycles. The fourth-order valence-corrected chi connectivity index (χ4v) is 3.94. The highest BCUT2D eigenvalue weighted by atomic mass is 35.5. The third-order valence-electron chi connectivity index (χ3n) is 5.27. The van der Waals surface area contributed by atoms with Gasteiger partial charge >= 0.3 is 0 Å². The second-order valence-electron chi connectivity index (χ2n) is 6.89. The largest absolute Gasteiger partial charge is 0.374 e. The minimum atomic E-state index is -2.04. The van der Waals surface area contributed by atoms with Crippen LogP contribution in [0.3, 0.4) is 0 Å². The van der Waals surface area contributed by atoms with E-state index >= 15 is 0 Å². The van der Waals surface area contributed by atoms with Crippen LogP contribution in [0, 0.1) is 6.92 Å². The fourth-order valence-electron chi connectivity index (χ4n) is 3.78. The standard InChI is InChI=1S/C23H18ClNO3/c1-14-18(24)13-12-17-20(14)25-22(27)23(17,28)19(15-8-4-2-5-9-15)21(26)16-10-6-3-7-11-16/h2-13,19,28H,1H3,(H,25,27)/t19-,23+/m0/s1. The van der Waals surface area contributed by atoms with Crippen LogP contribution in [0.25, 0.3) is 0 Å². The van der Waals surface area contributed by atoms with Crippen molar-refractivity contribution in [1.82, 2.24) is 0 Å². The minimum Gasteiger partial charge on any atom is -0.374 e. The molecule has 140 valence electrons. The van der Waals surface area contributed by atoms with Crippen LogP contribution >= 0.6 is 11.6 Å². The number of aliphatic hydroxyl groups is 1. The van der Waals surface area contributed by atoms with Gasteiger partial charge in [0.25, 0.3) is 5.91 Å². The van der Waals surface area contributed by atoms with Crippen LogP contribution in [0.2, 0.25) is 5.02 Å². The van der Waals surface area contributed by atoms with E-state index < -0.39 is 17.4 Å². The number of Topliss-reactive ketones (excluding diaryl/α,β-unsaturated/α-hetero) is 1. The van der Waals surface area contributed by atoms with Crippen molar-refractivity contribution in [3.8, 4) is 0 Å². The van der Waals surface area contributed by atoms with Crippen LogP contribution in [0.1, 0.15) is 33.0 Å². The van der Waals surface area contributed by atoms with Crippen molar-refractivity contribution in [3.05, 3.63) is 100 Å². The first-order valence-corrected chi connectivity index (χ1v) is 9.30. The van der Waals surface area contributed by atoms with Crippen molar-refractivity contribution in [2.75, 3.05) is 5.32 Å². The van der Waals surface area contributed by atoms with Gasteiger partial charge in [-0.2, -0.15) is 0 Å². The van der Waals surface area contributed by atoms with E-state index in [0.29, 0.717) is 33.0 Å². The second-order valence-corrected chi connectivity index (χ2v) is 7.30. The van der Waals surface area contributed by atoms with Gasteiger partial charge in [-0.15, -0.1) is 0 Å². The van der Waals surface area contributed by atoms with E-state index in [0.717, 1.165) is 0 Å². The quantitative estimate of drug-likeness (QED) is 0.645. The summed E-state index contributed by atoms with van der Waals surface area (Å²) in [5.74, 6) is -2.06. The summed E-state index contributed by atoms with van der Waals surface area (Å²) in [6, 6.07) is 20.8. The maximum Gasteiger partial charge on any atom is 0.262 e.